The third-order valence-corrected chi connectivity index (χ3v) is 6.01. The normalized spacial score (nSPS) is 15.9. The molecule has 0 spiro atoms. The van der Waals surface area contributed by atoms with Gasteiger partial charge in [0.2, 0.25) is 5.91 Å². The second-order valence-electron chi connectivity index (χ2n) is 8.76. The molecule has 0 N–H and O–H groups in total. The number of fused-ring (bicyclic) bond motifs is 1. The maximum atomic E-state index is 12.3. The van der Waals surface area contributed by atoms with Gasteiger partial charge >= 0.3 is 0 Å². The van der Waals surface area contributed by atoms with Crippen molar-refractivity contribution in [2.24, 2.45) is 5.92 Å². The topological polar surface area (TPSA) is 40.9 Å². The summed E-state index contributed by atoms with van der Waals surface area (Å²) in [5, 5.41) is 0.695. The number of hydrogen-bond donors (Lipinski definition) is 0. The largest absolute Gasteiger partial charge is 0.348 e. The molecule has 4 rings (SSSR count). The summed E-state index contributed by atoms with van der Waals surface area (Å²) in [4.78, 5) is 20.8. The standard InChI is InChI=1S/C26H29ClN4O/c1-18-6-5-7-20(14-18)21-10-13-24-28-26(19-8-11-22(27)12-9-19)23(31(24)15-21)16-30(4)17-25(32)29(2)3/h5,7-15,18H,6,16-17H2,1-4H3. The molecule has 166 valence electrons. The van der Waals surface area contributed by atoms with Gasteiger partial charge in [0.1, 0.15) is 5.65 Å². The highest BCUT2D eigenvalue weighted by molar-refractivity contribution is 6.30. The van der Waals surface area contributed by atoms with Crippen molar-refractivity contribution < 1.29 is 4.79 Å². The fourth-order valence-electron chi connectivity index (χ4n) is 3.97. The fourth-order valence-corrected chi connectivity index (χ4v) is 4.10. The van der Waals surface area contributed by atoms with Gasteiger partial charge < -0.3 is 9.30 Å². The van der Waals surface area contributed by atoms with Gasteiger partial charge in [0.05, 0.1) is 17.9 Å². The number of imidazole rings is 1. The number of carbonyl (C=O) groups excluding carboxylic acids is 1. The van der Waals surface area contributed by atoms with Gasteiger partial charge in [-0.3, -0.25) is 9.69 Å². The van der Waals surface area contributed by atoms with Crippen LogP contribution in [-0.4, -0.2) is 52.8 Å². The van der Waals surface area contributed by atoms with Crippen LogP contribution in [0.3, 0.4) is 0 Å². The van der Waals surface area contributed by atoms with E-state index < -0.39 is 0 Å². The third kappa shape index (κ3) is 4.79. The molecule has 0 saturated heterocycles. The molecule has 1 unspecified atom stereocenters. The first kappa shape index (κ1) is 22.3. The van der Waals surface area contributed by atoms with E-state index >= 15 is 0 Å². The van der Waals surface area contributed by atoms with Gasteiger partial charge in [-0.1, -0.05) is 48.9 Å². The summed E-state index contributed by atoms with van der Waals surface area (Å²) in [7, 11) is 5.52. The van der Waals surface area contributed by atoms with E-state index in [1.54, 1.807) is 19.0 Å². The Bertz CT molecular complexity index is 1190. The summed E-state index contributed by atoms with van der Waals surface area (Å²) in [5.41, 5.74) is 6.24. The summed E-state index contributed by atoms with van der Waals surface area (Å²) in [6, 6.07) is 12.0. The van der Waals surface area contributed by atoms with Crippen molar-refractivity contribution in [1.29, 1.82) is 0 Å². The molecule has 1 amide bonds. The van der Waals surface area contributed by atoms with E-state index in [4.69, 9.17) is 16.6 Å². The summed E-state index contributed by atoms with van der Waals surface area (Å²) < 4.78 is 2.16. The average molecular weight is 449 g/mol. The van der Waals surface area contributed by atoms with Crippen LogP contribution in [0.25, 0.3) is 22.5 Å². The van der Waals surface area contributed by atoms with Crippen molar-refractivity contribution in [2.75, 3.05) is 27.7 Å². The first-order valence-electron chi connectivity index (χ1n) is 10.9. The van der Waals surface area contributed by atoms with Crippen LogP contribution >= 0.6 is 11.6 Å². The average Bonchev–Trinajstić information content (AvgIpc) is 3.11. The van der Waals surface area contributed by atoms with Crippen molar-refractivity contribution in [3.63, 3.8) is 0 Å². The molecule has 2 heterocycles. The number of likely N-dealkylation sites (N-methyl/N-ethyl adjacent to an activating group) is 2. The first-order valence-corrected chi connectivity index (χ1v) is 11.2. The highest BCUT2D eigenvalue weighted by Crippen LogP contribution is 2.30. The molecule has 32 heavy (non-hydrogen) atoms. The van der Waals surface area contributed by atoms with Gasteiger partial charge in [0.25, 0.3) is 0 Å². The number of hydrogen-bond acceptors (Lipinski definition) is 3. The number of amides is 1. The van der Waals surface area contributed by atoms with Gasteiger partial charge in [-0.05, 0) is 54.8 Å². The zero-order valence-corrected chi connectivity index (χ0v) is 19.8. The number of allylic oxidation sites excluding steroid dienone is 4. The predicted octanol–water partition coefficient (Wildman–Crippen LogP) is 5.15. The number of rotatable bonds is 6. The van der Waals surface area contributed by atoms with E-state index in [1.807, 2.05) is 36.2 Å². The quantitative estimate of drug-likeness (QED) is 0.523. The van der Waals surface area contributed by atoms with Gasteiger partial charge in [-0.25, -0.2) is 4.98 Å². The number of carbonyl (C=O) groups is 1. The van der Waals surface area contributed by atoms with E-state index in [2.05, 4.69) is 47.9 Å². The molecule has 2 aromatic heterocycles. The Hall–Kier alpha value is -2.89. The molecular weight excluding hydrogens is 420 g/mol. The molecular formula is C26H29ClN4O. The summed E-state index contributed by atoms with van der Waals surface area (Å²) >= 11 is 6.12. The zero-order chi connectivity index (χ0) is 22.8. The summed E-state index contributed by atoms with van der Waals surface area (Å²) in [6.45, 7) is 3.17. The van der Waals surface area contributed by atoms with Crippen LogP contribution in [0.2, 0.25) is 5.02 Å². The van der Waals surface area contributed by atoms with E-state index in [0.29, 0.717) is 24.0 Å². The summed E-state index contributed by atoms with van der Waals surface area (Å²) in [5.74, 6) is 0.599. The molecule has 1 aromatic carbocycles. The smallest absolute Gasteiger partial charge is 0.236 e. The predicted molar refractivity (Wildman–Crippen MR) is 132 cm³/mol. The van der Waals surface area contributed by atoms with E-state index in [-0.39, 0.29) is 5.91 Å². The lowest BCUT2D eigenvalue weighted by molar-refractivity contribution is -0.129. The minimum Gasteiger partial charge on any atom is -0.348 e. The number of aromatic nitrogens is 2. The Morgan fingerprint density at radius 1 is 1.12 bits per heavy atom. The van der Waals surface area contributed by atoms with E-state index in [1.165, 1.54) is 5.57 Å². The molecule has 1 aliphatic rings. The van der Waals surface area contributed by atoms with Crippen molar-refractivity contribution >= 4 is 28.7 Å². The second-order valence-corrected chi connectivity index (χ2v) is 9.19. The van der Waals surface area contributed by atoms with Crippen LogP contribution in [0.1, 0.15) is 24.6 Å². The maximum Gasteiger partial charge on any atom is 0.236 e. The molecule has 0 saturated carbocycles. The van der Waals surface area contributed by atoms with Crippen molar-refractivity contribution in [3.05, 3.63) is 77.1 Å². The lowest BCUT2D eigenvalue weighted by Gasteiger charge is -2.19. The van der Waals surface area contributed by atoms with Gasteiger partial charge in [0, 0.05) is 37.4 Å². The molecule has 3 aromatic rings. The Kier molecular flexibility index (Phi) is 6.49. The van der Waals surface area contributed by atoms with Crippen LogP contribution in [0.5, 0.6) is 0 Å². The van der Waals surface area contributed by atoms with Crippen LogP contribution in [0.4, 0.5) is 0 Å². The Morgan fingerprint density at radius 2 is 1.84 bits per heavy atom. The van der Waals surface area contributed by atoms with Crippen LogP contribution < -0.4 is 0 Å². The van der Waals surface area contributed by atoms with E-state index in [0.717, 1.165) is 34.6 Å². The molecule has 0 fully saturated rings. The van der Waals surface area contributed by atoms with Gasteiger partial charge in [-0.15, -0.1) is 0 Å². The lowest BCUT2D eigenvalue weighted by Crippen LogP contribution is -2.34. The van der Waals surface area contributed by atoms with Crippen LogP contribution in [-0.2, 0) is 11.3 Å². The molecule has 1 atom stereocenters. The number of benzene rings is 1. The molecule has 1 aliphatic carbocycles. The minimum absolute atomic E-state index is 0.0709. The summed E-state index contributed by atoms with van der Waals surface area (Å²) in [6.07, 6.45) is 9.98. The highest BCUT2D eigenvalue weighted by Gasteiger charge is 2.18. The van der Waals surface area contributed by atoms with Crippen molar-refractivity contribution in [2.45, 2.75) is 19.9 Å². The first-order chi connectivity index (χ1) is 15.3. The SMILES string of the molecule is CC1C=C(c2ccc3nc(-c4ccc(Cl)cc4)c(CN(C)CC(=O)N(C)C)n3c2)C=CC1. The van der Waals surface area contributed by atoms with Crippen LogP contribution in [0.15, 0.2) is 60.8 Å². The minimum atomic E-state index is 0.0709. The molecule has 0 aliphatic heterocycles. The second kappa shape index (κ2) is 9.31. The Morgan fingerprint density at radius 3 is 2.53 bits per heavy atom. The van der Waals surface area contributed by atoms with E-state index in [9.17, 15) is 4.79 Å². The monoisotopic (exact) mass is 448 g/mol. The van der Waals surface area contributed by atoms with Gasteiger partial charge in [0.15, 0.2) is 0 Å². The van der Waals surface area contributed by atoms with Crippen molar-refractivity contribution in [1.82, 2.24) is 19.2 Å². The highest BCUT2D eigenvalue weighted by atomic mass is 35.5. The lowest BCUT2D eigenvalue weighted by atomic mass is 9.94. The van der Waals surface area contributed by atoms with Crippen LogP contribution in [0, 0.1) is 5.92 Å². The molecule has 0 bridgehead atoms. The molecule has 5 nitrogen and oxygen atoms in total. The zero-order valence-electron chi connectivity index (χ0n) is 19.0. The number of nitrogens with zero attached hydrogens (tertiary/aromatic N) is 4. The third-order valence-electron chi connectivity index (χ3n) is 5.76. The number of pyridine rings is 1. The Balaban J connectivity index is 1.79. The molecule has 0 radical (unpaired) electrons. The maximum absolute atomic E-state index is 12.3. The Labute approximate surface area is 194 Å². The van der Waals surface area contributed by atoms with Crippen molar-refractivity contribution in [3.8, 4) is 11.3 Å². The fraction of sp³-hybridized carbons (Fsp3) is 0.308. The molecule has 6 heteroatoms. The van der Waals surface area contributed by atoms with Gasteiger partial charge in [-0.2, -0.15) is 0 Å². The number of halogens is 1.